The molecule has 5 nitrogen and oxygen atoms in total. The van der Waals surface area contributed by atoms with Crippen LogP contribution in [0.3, 0.4) is 0 Å². The molecule has 25 heavy (non-hydrogen) atoms. The van der Waals surface area contributed by atoms with Gasteiger partial charge in [0.15, 0.2) is 5.69 Å². The van der Waals surface area contributed by atoms with E-state index in [4.69, 9.17) is 0 Å². The van der Waals surface area contributed by atoms with Crippen LogP contribution >= 0.6 is 0 Å². The molecular formula is C17H19F3N4O. The molecule has 0 spiro atoms. The van der Waals surface area contributed by atoms with Crippen molar-refractivity contribution in [2.45, 2.75) is 32.0 Å². The van der Waals surface area contributed by atoms with Gasteiger partial charge in [0.2, 0.25) is 5.91 Å². The van der Waals surface area contributed by atoms with E-state index in [0.29, 0.717) is 5.69 Å². The third-order valence-corrected chi connectivity index (χ3v) is 4.11. The Balaban J connectivity index is 1.56. The lowest BCUT2D eigenvalue weighted by molar-refractivity contribution is -0.141. The Kier molecular flexibility index (Phi) is 4.96. The van der Waals surface area contributed by atoms with Gasteiger partial charge in [0.1, 0.15) is 6.54 Å². The minimum atomic E-state index is -4.51. The van der Waals surface area contributed by atoms with Crippen LogP contribution in [-0.4, -0.2) is 28.8 Å². The Bertz CT molecular complexity index is 718. The van der Waals surface area contributed by atoms with Gasteiger partial charge in [-0.2, -0.15) is 18.3 Å². The fourth-order valence-electron chi connectivity index (χ4n) is 2.86. The Labute approximate surface area is 143 Å². The highest BCUT2D eigenvalue weighted by Crippen LogP contribution is 2.27. The molecular weight excluding hydrogens is 333 g/mol. The monoisotopic (exact) mass is 352 g/mol. The Morgan fingerprint density at radius 2 is 1.76 bits per heavy atom. The minimum Gasteiger partial charge on any atom is -0.372 e. The van der Waals surface area contributed by atoms with Crippen LogP contribution in [0, 0.1) is 0 Å². The van der Waals surface area contributed by atoms with E-state index in [1.54, 1.807) is 12.1 Å². The molecule has 1 aromatic heterocycles. The number of amides is 1. The number of anilines is 2. The summed E-state index contributed by atoms with van der Waals surface area (Å²) < 4.78 is 38.5. The normalized spacial score (nSPS) is 15.2. The summed E-state index contributed by atoms with van der Waals surface area (Å²) in [5.74, 6) is -0.428. The predicted octanol–water partition coefficient (Wildman–Crippen LogP) is 3.53. The molecule has 0 bridgehead atoms. The predicted molar refractivity (Wildman–Crippen MR) is 88.4 cm³/mol. The van der Waals surface area contributed by atoms with Gasteiger partial charge in [0.05, 0.1) is 0 Å². The number of benzene rings is 1. The van der Waals surface area contributed by atoms with Crippen molar-refractivity contribution in [3.05, 3.63) is 42.2 Å². The molecule has 0 saturated carbocycles. The van der Waals surface area contributed by atoms with Gasteiger partial charge < -0.3 is 10.2 Å². The van der Waals surface area contributed by atoms with Gasteiger partial charge in [-0.05, 0) is 49.6 Å². The first-order valence-electron chi connectivity index (χ1n) is 8.17. The molecule has 1 aromatic carbocycles. The van der Waals surface area contributed by atoms with Gasteiger partial charge in [-0.3, -0.25) is 9.48 Å². The second kappa shape index (κ2) is 7.16. The number of rotatable bonds is 4. The summed E-state index contributed by atoms with van der Waals surface area (Å²) in [4.78, 5) is 14.3. The van der Waals surface area contributed by atoms with Crippen molar-refractivity contribution in [3.63, 3.8) is 0 Å². The number of piperidine rings is 1. The highest BCUT2D eigenvalue weighted by atomic mass is 19.4. The number of nitrogens with one attached hydrogen (secondary N) is 1. The first kappa shape index (κ1) is 17.3. The fourth-order valence-corrected chi connectivity index (χ4v) is 2.86. The number of hydrogen-bond donors (Lipinski definition) is 1. The molecule has 0 atom stereocenters. The van der Waals surface area contributed by atoms with E-state index < -0.39 is 17.8 Å². The molecule has 0 radical (unpaired) electrons. The van der Waals surface area contributed by atoms with Crippen molar-refractivity contribution in [2.24, 2.45) is 0 Å². The lowest BCUT2D eigenvalue weighted by Crippen LogP contribution is -2.29. The summed E-state index contributed by atoms with van der Waals surface area (Å²) >= 11 is 0. The molecule has 1 saturated heterocycles. The number of nitrogens with zero attached hydrogens (tertiary/aromatic N) is 3. The van der Waals surface area contributed by atoms with E-state index in [2.05, 4.69) is 15.3 Å². The zero-order chi connectivity index (χ0) is 17.9. The van der Waals surface area contributed by atoms with Gasteiger partial charge in [0.25, 0.3) is 0 Å². The summed E-state index contributed by atoms with van der Waals surface area (Å²) in [7, 11) is 0. The van der Waals surface area contributed by atoms with E-state index in [9.17, 15) is 18.0 Å². The third kappa shape index (κ3) is 4.52. The lowest BCUT2D eigenvalue weighted by atomic mass is 10.1. The maximum Gasteiger partial charge on any atom is 0.435 e. The standard InChI is InChI=1S/C17H19F3N4O/c18-17(19,20)15-8-11-24(22-15)12-16(25)21-13-4-6-14(7-5-13)23-9-2-1-3-10-23/h4-8,11H,1-3,9-10,12H2,(H,21,25). The van der Waals surface area contributed by atoms with Crippen LogP contribution < -0.4 is 10.2 Å². The molecule has 1 aliphatic heterocycles. The highest BCUT2D eigenvalue weighted by molar-refractivity contribution is 5.90. The fraction of sp³-hybridized carbons (Fsp3) is 0.412. The Hall–Kier alpha value is -2.51. The van der Waals surface area contributed by atoms with Crippen LogP contribution in [0.5, 0.6) is 0 Å². The second-order valence-corrected chi connectivity index (χ2v) is 6.04. The number of halogens is 3. The molecule has 1 amide bonds. The maximum absolute atomic E-state index is 12.5. The molecule has 8 heteroatoms. The van der Waals surface area contributed by atoms with Crippen molar-refractivity contribution in [1.29, 1.82) is 0 Å². The molecule has 3 rings (SSSR count). The molecule has 1 aliphatic rings. The van der Waals surface area contributed by atoms with Gasteiger partial charge in [-0.25, -0.2) is 0 Å². The number of alkyl halides is 3. The number of carbonyl (C=O) groups excluding carboxylic acids is 1. The van der Waals surface area contributed by atoms with Crippen LogP contribution in [0.2, 0.25) is 0 Å². The van der Waals surface area contributed by atoms with Crippen molar-refractivity contribution in [1.82, 2.24) is 9.78 Å². The summed E-state index contributed by atoms with van der Waals surface area (Å²) in [5, 5.41) is 6.03. The second-order valence-electron chi connectivity index (χ2n) is 6.04. The van der Waals surface area contributed by atoms with Crippen LogP contribution in [0.4, 0.5) is 24.5 Å². The van der Waals surface area contributed by atoms with Gasteiger partial charge in [-0.1, -0.05) is 0 Å². The molecule has 2 aromatic rings. The summed E-state index contributed by atoms with van der Waals surface area (Å²) in [6, 6.07) is 8.33. The molecule has 0 aliphatic carbocycles. The number of carbonyl (C=O) groups is 1. The molecule has 134 valence electrons. The van der Waals surface area contributed by atoms with Crippen molar-refractivity contribution < 1.29 is 18.0 Å². The molecule has 0 unspecified atom stereocenters. The van der Waals surface area contributed by atoms with E-state index in [1.165, 1.54) is 19.3 Å². The summed E-state index contributed by atoms with van der Waals surface area (Å²) in [5.41, 5.74) is 0.708. The molecule has 1 fully saturated rings. The van der Waals surface area contributed by atoms with Gasteiger partial charge in [0, 0.05) is 30.7 Å². The van der Waals surface area contributed by atoms with Gasteiger partial charge in [-0.15, -0.1) is 0 Å². The Morgan fingerprint density at radius 1 is 1.08 bits per heavy atom. The minimum absolute atomic E-state index is 0.274. The summed E-state index contributed by atoms with van der Waals surface area (Å²) in [6.45, 7) is 1.79. The maximum atomic E-state index is 12.5. The number of hydrogen-bond acceptors (Lipinski definition) is 3. The van der Waals surface area contributed by atoms with E-state index in [0.717, 1.165) is 35.7 Å². The smallest absolute Gasteiger partial charge is 0.372 e. The topological polar surface area (TPSA) is 50.2 Å². The zero-order valence-corrected chi connectivity index (χ0v) is 13.6. The largest absolute Gasteiger partial charge is 0.435 e. The van der Waals surface area contributed by atoms with Crippen LogP contribution in [-0.2, 0) is 17.5 Å². The Morgan fingerprint density at radius 3 is 2.36 bits per heavy atom. The average molecular weight is 352 g/mol. The van der Waals surface area contributed by atoms with Gasteiger partial charge >= 0.3 is 6.18 Å². The quantitative estimate of drug-likeness (QED) is 0.916. The first-order valence-corrected chi connectivity index (χ1v) is 8.17. The lowest BCUT2D eigenvalue weighted by Gasteiger charge is -2.28. The van der Waals surface area contributed by atoms with Crippen molar-refractivity contribution in [3.8, 4) is 0 Å². The zero-order valence-electron chi connectivity index (χ0n) is 13.6. The highest BCUT2D eigenvalue weighted by Gasteiger charge is 2.33. The SMILES string of the molecule is O=C(Cn1ccc(C(F)(F)F)n1)Nc1ccc(N2CCCCC2)cc1. The van der Waals surface area contributed by atoms with Crippen molar-refractivity contribution >= 4 is 17.3 Å². The molecule has 1 N–H and O–H groups in total. The van der Waals surface area contributed by atoms with E-state index >= 15 is 0 Å². The van der Waals surface area contributed by atoms with Crippen LogP contribution in [0.25, 0.3) is 0 Å². The van der Waals surface area contributed by atoms with Crippen molar-refractivity contribution in [2.75, 3.05) is 23.3 Å². The van der Waals surface area contributed by atoms with Crippen LogP contribution in [0.15, 0.2) is 36.5 Å². The van der Waals surface area contributed by atoms with Crippen LogP contribution in [0.1, 0.15) is 25.0 Å². The first-order chi connectivity index (χ1) is 11.9. The third-order valence-electron chi connectivity index (χ3n) is 4.11. The average Bonchev–Trinajstić information content (AvgIpc) is 3.05. The number of aromatic nitrogens is 2. The molecule has 2 heterocycles. The summed E-state index contributed by atoms with van der Waals surface area (Å²) in [6.07, 6.45) is 0.256. The van der Waals surface area contributed by atoms with E-state index in [1.807, 2.05) is 12.1 Å². The van der Waals surface area contributed by atoms with E-state index in [-0.39, 0.29) is 6.54 Å².